The summed E-state index contributed by atoms with van der Waals surface area (Å²) in [7, 11) is 0. The molecule has 0 unspecified atom stereocenters. The molecule has 0 heterocycles. The molecule has 0 saturated carbocycles. The van der Waals surface area contributed by atoms with Gasteiger partial charge in [0.1, 0.15) is 0 Å². The maximum Gasteiger partial charge on any atom is -0.0245 e. The third kappa shape index (κ3) is 20.6. The fourth-order valence-electron chi connectivity index (χ4n) is 11.9. The molecule has 0 aliphatic rings. The molecule has 0 nitrogen and oxygen atoms in total. The Morgan fingerprint density at radius 3 is 0.196 bits per heavy atom. The third-order valence-corrected chi connectivity index (χ3v) is 17.0. The number of benzene rings is 10. The van der Waals surface area contributed by atoms with Gasteiger partial charge in [-0.3, -0.25) is 0 Å². The normalized spacial score (nSPS) is 11.6. The van der Waals surface area contributed by atoms with E-state index < -0.39 is 0 Å². The lowest BCUT2D eigenvalue weighted by Gasteiger charge is -2.07. The molecule has 102 heavy (non-hydrogen) atoms. The fourth-order valence-corrected chi connectivity index (χ4v) is 11.9. The Balaban J connectivity index is 1.10. The fraction of sp³-hybridized carbons (Fsp3) is 0. The van der Waals surface area contributed by atoms with Gasteiger partial charge in [0.05, 0.1) is 0 Å². The van der Waals surface area contributed by atoms with Crippen molar-refractivity contribution in [1.29, 1.82) is 0 Å². The van der Waals surface area contributed by atoms with Gasteiger partial charge >= 0.3 is 0 Å². The Kier molecular flexibility index (Phi) is 24.8. The van der Waals surface area contributed by atoms with Gasteiger partial charge in [0, 0.05) is 0 Å². The molecule has 0 fully saturated rings. The van der Waals surface area contributed by atoms with E-state index in [1.165, 1.54) is 0 Å². The van der Waals surface area contributed by atoms with Crippen LogP contribution >= 0.6 is 0 Å². The molecular weight excluding hydrogens is 1230 g/mol. The molecule has 10 aromatic rings. The minimum Gasteiger partial charge on any atom is -0.0985 e. The first-order valence-electron chi connectivity index (χ1n) is 33.9. The van der Waals surface area contributed by atoms with Gasteiger partial charge in [-0.1, -0.05) is 261 Å². The van der Waals surface area contributed by atoms with Crippen LogP contribution in [0.2, 0.25) is 0 Å². The van der Waals surface area contributed by atoms with E-state index in [1.807, 2.05) is 72.9 Å². The van der Waals surface area contributed by atoms with E-state index in [9.17, 15) is 0 Å². The van der Waals surface area contributed by atoms with Crippen molar-refractivity contribution < 1.29 is 0 Å². The maximum atomic E-state index is 4.05. The summed E-state index contributed by atoms with van der Waals surface area (Å²) in [5, 5.41) is 0. The maximum absolute atomic E-state index is 4.05. The Bertz CT molecular complexity index is 4290. The zero-order valence-electron chi connectivity index (χ0n) is 58.1. The minimum absolute atomic E-state index is 1.02. The highest BCUT2D eigenvalue weighted by Gasteiger charge is 2.07. The van der Waals surface area contributed by atoms with Crippen LogP contribution in [0, 0.1) is 0 Å². The van der Waals surface area contributed by atoms with Crippen LogP contribution in [-0.4, -0.2) is 0 Å². The average molecular weight is 1310 g/mol. The first-order chi connectivity index (χ1) is 49.7. The van der Waals surface area contributed by atoms with Crippen molar-refractivity contribution in [2.75, 3.05) is 0 Å². The molecular formula is C102H84. The van der Waals surface area contributed by atoms with Crippen molar-refractivity contribution >= 4 is 182 Å². The molecule has 0 atom stereocenters. The van der Waals surface area contributed by atoms with Crippen molar-refractivity contribution in [3.8, 4) is 0 Å². The van der Waals surface area contributed by atoms with Crippen LogP contribution in [-0.2, 0) is 0 Å². The van der Waals surface area contributed by atoms with Gasteiger partial charge in [-0.05, 0) is 349 Å². The Hall–Kier alpha value is -13.3. The van der Waals surface area contributed by atoms with Crippen LogP contribution < -0.4 is 0 Å². The predicted octanol–water partition coefficient (Wildman–Crippen LogP) is 28.9. The highest BCUT2D eigenvalue weighted by molar-refractivity contribution is 5.87. The summed E-state index contributed by atoms with van der Waals surface area (Å²) in [6, 6.07) is 64.8. The van der Waals surface area contributed by atoms with E-state index in [0.717, 1.165) is 167 Å². The molecule has 0 heteroatoms. The molecule has 0 saturated heterocycles. The summed E-state index contributed by atoms with van der Waals surface area (Å²) < 4.78 is 0. The van der Waals surface area contributed by atoms with E-state index in [4.69, 9.17) is 0 Å². The first-order valence-corrected chi connectivity index (χ1v) is 33.9. The summed E-state index contributed by atoms with van der Waals surface area (Å²) in [6.45, 7) is 48.6. The van der Waals surface area contributed by atoms with Crippen LogP contribution in [0.15, 0.2) is 261 Å². The largest absolute Gasteiger partial charge is 0.0985 e. The van der Waals surface area contributed by atoms with Gasteiger partial charge in [-0.2, -0.15) is 0 Å². The molecule has 0 bridgehead atoms. The van der Waals surface area contributed by atoms with E-state index in [2.05, 4.69) is 370 Å². The Morgan fingerprint density at radius 2 is 0.137 bits per heavy atom. The lowest BCUT2D eigenvalue weighted by Crippen LogP contribution is -1.86. The van der Waals surface area contributed by atoms with Crippen LogP contribution in [0.4, 0.5) is 0 Å². The smallest absolute Gasteiger partial charge is 0.0245 e. The second-order valence-electron chi connectivity index (χ2n) is 24.8. The lowest BCUT2D eigenvalue weighted by atomic mass is 9.98. The van der Waals surface area contributed by atoms with Gasteiger partial charge in [-0.25, -0.2) is 0 Å². The Morgan fingerprint density at radius 1 is 0.0882 bits per heavy atom. The van der Waals surface area contributed by atoms with Gasteiger partial charge in [0.2, 0.25) is 0 Å². The molecule has 0 radical (unpaired) electrons. The molecule has 0 aliphatic heterocycles. The van der Waals surface area contributed by atoms with Crippen molar-refractivity contribution in [3.05, 3.63) is 428 Å². The zero-order chi connectivity index (χ0) is 71.7. The summed E-state index contributed by atoms with van der Waals surface area (Å²) in [5.41, 5.74) is 31.1. The monoisotopic (exact) mass is 1310 g/mol. The van der Waals surface area contributed by atoms with Gasteiger partial charge in [0.25, 0.3) is 0 Å². The van der Waals surface area contributed by atoms with Crippen LogP contribution in [0.25, 0.3) is 182 Å². The Labute approximate surface area is 606 Å². The summed E-state index contributed by atoms with van der Waals surface area (Å²) in [5.74, 6) is 0. The van der Waals surface area contributed by atoms with Gasteiger partial charge in [0.15, 0.2) is 0 Å². The number of rotatable bonds is 30. The van der Waals surface area contributed by atoms with Gasteiger partial charge in [-0.15, -0.1) is 0 Å². The molecule has 0 spiro atoms. The molecule has 10 aromatic carbocycles. The van der Waals surface area contributed by atoms with Crippen molar-refractivity contribution in [2.45, 2.75) is 0 Å². The van der Waals surface area contributed by atoms with Crippen LogP contribution in [0.5, 0.6) is 0 Å². The molecule has 492 valence electrons. The highest BCUT2D eigenvalue weighted by atomic mass is 14.1. The van der Waals surface area contributed by atoms with Crippen molar-refractivity contribution in [2.24, 2.45) is 0 Å². The lowest BCUT2D eigenvalue weighted by molar-refractivity contribution is 1.56. The molecule has 0 N–H and O–H groups in total. The minimum atomic E-state index is 1.02. The first kappa shape index (κ1) is 71.5. The molecule has 0 aliphatic carbocycles. The topological polar surface area (TPSA) is 0 Å². The average Bonchev–Trinajstić information content (AvgIpc) is 1.11. The van der Waals surface area contributed by atoms with E-state index in [-0.39, 0.29) is 0 Å². The molecule has 0 aromatic heterocycles. The second-order valence-corrected chi connectivity index (χ2v) is 24.8. The van der Waals surface area contributed by atoms with Crippen LogP contribution in [0.1, 0.15) is 167 Å². The second kappa shape index (κ2) is 35.3. The summed E-state index contributed by atoms with van der Waals surface area (Å²) in [6.07, 6.45) is 61.5. The molecule has 10 rings (SSSR count). The van der Waals surface area contributed by atoms with Crippen molar-refractivity contribution in [3.63, 3.8) is 0 Å². The zero-order valence-corrected chi connectivity index (χ0v) is 58.1. The van der Waals surface area contributed by atoms with E-state index in [1.54, 1.807) is 0 Å². The summed E-state index contributed by atoms with van der Waals surface area (Å²) in [4.78, 5) is 0. The third-order valence-electron chi connectivity index (χ3n) is 17.0. The number of hydrogen-bond acceptors (Lipinski definition) is 0. The van der Waals surface area contributed by atoms with E-state index in [0.29, 0.717) is 0 Å². The quantitative estimate of drug-likeness (QED) is 0.0394. The van der Waals surface area contributed by atoms with Crippen LogP contribution in [0.3, 0.4) is 0 Å². The van der Waals surface area contributed by atoms with Gasteiger partial charge < -0.3 is 0 Å². The number of hydrogen-bond donors (Lipinski definition) is 0. The standard InChI is InChI=1S/C102H84/c1-13-73-43-74(14-2)50-85(49-73)25-31-91-61-92(32-26-86-51-75(15-3)44-76(16-4)52-86)65-97(64-91)37-40-100-70-101(41-38-98-66-93(33-27-87-53-77(17-5)45-78(18-6)54-87)62-94(67-98)34-28-88-55-79(19-7)46-80(20-8)56-88)72-102(71-100)42-39-99-68-95(35-29-89-57-81(21-9)47-82(22-10)58-89)63-96(69-99)36-30-90-59-83(23-11)48-84(24-12)60-90/h13-72H,1-12H2/b31-25+,32-26+,33-27+,34-28+,35-29+,36-30+,40-37+,41-38+,42-39+. The van der Waals surface area contributed by atoms with Crippen molar-refractivity contribution in [1.82, 2.24) is 0 Å². The highest BCUT2D eigenvalue weighted by Crippen LogP contribution is 2.28. The SMILES string of the molecule is C=Cc1cc(C=C)cc(/C=C/c2cc(/C=C/c3cc(C=C)cc(C=C)c3)cc(/C=C/c3cc(/C=C/c4cc(/C=C/c5cc(C=C)cc(C=C)c5)cc(/C=C/c5cc(C=C)cc(C=C)c5)c4)cc(/C=C/c4cc(/C=C/c5cc(C=C)cc(C=C)c5)cc(/C=C/c5cc(C=C)cc(C=C)c5)c4)c3)c2)c1. The summed E-state index contributed by atoms with van der Waals surface area (Å²) >= 11 is 0. The predicted molar refractivity (Wildman–Crippen MR) is 466 cm³/mol. The molecule has 0 amide bonds. The van der Waals surface area contributed by atoms with E-state index >= 15 is 0 Å².